The van der Waals surface area contributed by atoms with Crippen molar-refractivity contribution in [3.8, 4) is 11.5 Å². The second-order valence-corrected chi connectivity index (χ2v) is 8.22. The first kappa shape index (κ1) is 23.1. The standard InChI is InChI=1S/C22H24O10/c1-9-11(29-5)7-13(31-19(9)27)21(3)15(17(23)24)16(18(25)26)22(21,4)14-8-12(30-6)10(2)20(28)32-14/h7-8,15-16H,1-6H3,(H,23,24)(H,25,26)/t15-,16+,21-,22+. The molecule has 2 aromatic rings. The molecule has 1 fully saturated rings. The number of hydrogen-bond donors (Lipinski definition) is 2. The molecule has 32 heavy (non-hydrogen) atoms. The number of carbonyl (C=O) groups is 2. The second kappa shape index (κ2) is 7.54. The maximum Gasteiger partial charge on any atom is 0.342 e. The Morgan fingerprint density at radius 2 is 1.12 bits per heavy atom. The van der Waals surface area contributed by atoms with Gasteiger partial charge >= 0.3 is 23.2 Å². The zero-order valence-corrected chi connectivity index (χ0v) is 18.5. The second-order valence-electron chi connectivity index (χ2n) is 8.22. The lowest BCUT2D eigenvalue weighted by Gasteiger charge is -2.61. The Morgan fingerprint density at radius 3 is 1.38 bits per heavy atom. The first-order valence-corrected chi connectivity index (χ1v) is 9.70. The maximum absolute atomic E-state index is 12.4. The van der Waals surface area contributed by atoms with E-state index >= 15 is 0 Å². The SMILES string of the molecule is COc1cc([C@@]2(C)[C@H](C(=O)O)[C@H](C(=O)O)[C@@]2(C)c2cc(OC)c(C)c(=O)o2)oc(=O)c1C. The van der Waals surface area contributed by atoms with Gasteiger partial charge in [0, 0.05) is 12.1 Å². The molecule has 2 heterocycles. The summed E-state index contributed by atoms with van der Waals surface area (Å²) in [6.45, 7) is 5.89. The van der Waals surface area contributed by atoms with E-state index in [1.54, 1.807) is 0 Å². The molecule has 10 nitrogen and oxygen atoms in total. The van der Waals surface area contributed by atoms with Gasteiger partial charge in [-0.1, -0.05) is 13.8 Å². The number of aliphatic carboxylic acids is 2. The molecule has 0 amide bonds. The molecule has 0 radical (unpaired) electrons. The van der Waals surface area contributed by atoms with Crippen molar-refractivity contribution in [3.63, 3.8) is 0 Å². The summed E-state index contributed by atoms with van der Waals surface area (Å²) in [4.78, 5) is 49.3. The van der Waals surface area contributed by atoms with E-state index in [0.717, 1.165) is 0 Å². The Bertz CT molecular complexity index is 1130. The fraction of sp³-hybridized carbons (Fsp3) is 0.455. The van der Waals surface area contributed by atoms with E-state index in [9.17, 15) is 29.4 Å². The Balaban J connectivity index is 2.41. The van der Waals surface area contributed by atoms with E-state index in [0.29, 0.717) is 0 Å². The number of carboxylic acids is 2. The summed E-state index contributed by atoms with van der Waals surface area (Å²) in [6.07, 6.45) is 0. The van der Waals surface area contributed by atoms with Crippen LogP contribution in [0.3, 0.4) is 0 Å². The number of rotatable bonds is 6. The van der Waals surface area contributed by atoms with Crippen molar-refractivity contribution >= 4 is 11.9 Å². The molecule has 4 atom stereocenters. The zero-order chi connectivity index (χ0) is 24.2. The third-order valence-electron chi connectivity index (χ3n) is 6.93. The van der Waals surface area contributed by atoms with E-state index in [4.69, 9.17) is 18.3 Å². The maximum atomic E-state index is 12.4. The molecule has 0 spiro atoms. The molecule has 1 aliphatic rings. The average Bonchev–Trinajstić information content (AvgIpc) is 2.73. The fourth-order valence-corrected chi connectivity index (χ4v) is 4.82. The normalized spacial score (nSPS) is 26.8. The van der Waals surface area contributed by atoms with Crippen LogP contribution in [-0.4, -0.2) is 36.4 Å². The van der Waals surface area contributed by atoms with E-state index in [1.165, 1.54) is 54.0 Å². The van der Waals surface area contributed by atoms with Crippen molar-refractivity contribution in [2.45, 2.75) is 38.5 Å². The van der Waals surface area contributed by atoms with Gasteiger partial charge in [0.25, 0.3) is 0 Å². The van der Waals surface area contributed by atoms with E-state index in [-0.39, 0.29) is 34.1 Å². The van der Waals surface area contributed by atoms with Crippen molar-refractivity contribution in [1.29, 1.82) is 0 Å². The summed E-state index contributed by atoms with van der Waals surface area (Å²) < 4.78 is 21.4. The molecule has 0 aromatic carbocycles. The number of ether oxygens (including phenoxy) is 2. The molecule has 10 heteroatoms. The lowest BCUT2D eigenvalue weighted by Crippen LogP contribution is -2.72. The Morgan fingerprint density at radius 1 is 0.812 bits per heavy atom. The molecular weight excluding hydrogens is 424 g/mol. The van der Waals surface area contributed by atoms with Gasteiger partial charge in [0.15, 0.2) is 0 Å². The van der Waals surface area contributed by atoms with E-state index in [2.05, 4.69) is 0 Å². The van der Waals surface area contributed by atoms with Gasteiger partial charge in [0.1, 0.15) is 23.0 Å². The highest BCUT2D eigenvalue weighted by Gasteiger charge is 2.76. The van der Waals surface area contributed by atoms with Crippen LogP contribution in [0.15, 0.2) is 30.6 Å². The van der Waals surface area contributed by atoms with Gasteiger partial charge in [-0.2, -0.15) is 0 Å². The Kier molecular flexibility index (Phi) is 5.45. The molecule has 3 rings (SSSR count). The molecule has 2 N–H and O–H groups in total. The minimum Gasteiger partial charge on any atom is -0.496 e. The number of methoxy groups -OCH3 is 2. The Labute approximate surface area is 182 Å². The van der Waals surface area contributed by atoms with Gasteiger partial charge in [-0.25, -0.2) is 9.59 Å². The minimum atomic E-state index is -1.60. The van der Waals surface area contributed by atoms with Gasteiger partial charge in [0.2, 0.25) is 0 Å². The van der Waals surface area contributed by atoms with Gasteiger partial charge in [-0.3, -0.25) is 9.59 Å². The molecular formula is C22H24O10. The summed E-state index contributed by atoms with van der Waals surface area (Å²) in [7, 11) is 2.68. The smallest absolute Gasteiger partial charge is 0.342 e. The quantitative estimate of drug-likeness (QED) is 0.669. The van der Waals surface area contributed by atoms with Crippen molar-refractivity contribution < 1.29 is 38.1 Å². The third kappa shape index (κ3) is 2.85. The summed E-state index contributed by atoms with van der Waals surface area (Å²) in [6, 6.07) is 2.74. The lowest BCUT2D eigenvalue weighted by molar-refractivity contribution is -0.186. The molecule has 0 bridgehead atoms. The lowest BCUT2D eigenvalue weighted by atomic mass is 9.37. The number of carboxylic acid groups (broad SMARTS) is 2. The van der Waals surface area contributed by atoms with Crippen LogP contribution in [0.5, 0.6) is 11.5 Å². The van der Waals surface area contributed by atoms with E-state index < -0.39 is 45.9 Å². The molecule has 2 aromatic heterocycles. The predicted octanol–water partition coefficient (Wildman–Crippen LogP) is 1.86. The van der Waals surface area contributed by atoms with Crippen LogP contribution in [0.2, 0.25) is 0 Å². The van der Waals surface area contributed by atoms with Crippen LogP contribution in [0, 0.1) is 25.7 Å². The van der Waals surface area contributed by atoms with Gasteiger partial charge in [-0.05, 0) is 13.8 Å². The Hall–Kier alpha value is -3.56. The summed E-state index contributed by atoms with van der Waals surface area (Å²) in [5.41, 5.74) is -4.36. The van der Waals surface area contributed by atoms with Crippen molar-refractivity contribution in [2.75, 3.05) is 14.2 Å². The summed E-state index contributed by atoms with van der Waals surface area (Å²) in [5.74, 6) is -5.69. The highest BCUT2D eigenvalue weighted by molar-refractivity contribution is 5.87. The van der Waals surface area contributed by atoms with Crippen LogP contribution in [0.1, 0.15) is 36.5 Å². The van der Waals surface area contributed by atoms with Crippen LogP contribution >= 0.6 is 0 Å². The summed E-state index contributed by atoms with van der Waals surface area (Å²) >= 11 is 0. The molecule has 1 aliphatic carbocycles. The largest absolute Gasteiger partial charge is 0.496 e. The third-order valence-corrected chi connectivity index (χ3v) is 6.93. The topological polar surface area (TPSA) is 153 Å². The highest BCUT2D eigenvalue weighted by atomic mass is 16.5. The first-order chi connectivity index (χ1) is 14.9. The van der Waals surface area contributed by atoms with Crippen LogP contribution in [0.25, 0.3) is 0 Å². The molecule has 172 valence electrons. The van der Waals surface area contributed by atoms with Crippen LogP contribution < -0.4 is 20.7 Å². The van der Waals surface area contributed by atoms with Crippen LogP contribution in [0.4, 0.5) is 0 Å². The highest BCUT2D eigenvalue weighted by Crippen LogP contribution is 2.66. The molecule has 1 saturated carbocycles. The van der Waals surface area contributed by atoms with Crippen molar-refractivity contribution in [1.82, 2.24) is 0 Å². The van der Waals surface area contributed by atoms with Gasteiger partial charge in [-0.15, -0.1) is 0 Å². The summed E-state index contributed by atoms with van der Waals surface area (Å²) in [5, 5.41) is 19.9. The minimum absolute atomic E-state index is 0.0976. The van der Waals surface area contributed by atoms with Gasteiger partial charge in [0.05, 0.1) is 48.0 Å². The fourth-order valence-electron chi connectivity index (χ4n) is 4.82. The van der Waals surface area contributed by atoms with Crippen LogP contribution in [-0.2, 0) is 20.4 Å². The van der Waals surface area contributed by atoms with Crippen molar-refractivity contribution in [2.24, 2.45) is 11.8 Å². The molecule has 0 unspecified atom stereocenters. The monoisotopic (exact) mass is 448 g/mol. The molecule has 0 aliphatic heterocycles. The van der Waals surface area contributed by atoms with E-state index in [1.807, 2.05) is 0 Å². The van der Waals surface area contributed by atoms with Gasteiger partial charge < -0.3 is 28.5 Å². The zero-order valence-electron chi connectivity index (χ0n) is 18.5. The average molecular weight is 448 g/mol. The number of hydrogen-bond acceptors (Lipinski definition) is 8. The van der Waals surface area contributed by atoms with Crippen molar-refractivity contribution in [3.05, 3.63) is 55.6 Å². The predicted molar refractivity (Wildman–Crippen MR) is 109 cm³/mol. The molecule has 0 saturated heterocycles. The first-order valence-electron chi connectivity index (χ1n) is 9.70.